The fourth-order valence-electron chi connectivity index (χ4n) is 3.49. The maximum absolute atomic E-state index is 12.4. The number of para-hydroxylation sites is 1. The number of aromatic nitrogens is 4. The molecule has 3 rings (SSSR count). The highest BCUT2D eigenvalue weighted by Crippen LogP contribution is 2.18. The predicted octanol–water partition coefficient (Wildman–Crippen LogP) is 3.60. The fraction of sp³-hybridized carbons (Fsp3) is 0.455. The molecule has 162 valence electrons. The van der Waals surface area contributed by atoms with E-state index in [1.54, 1.807) is 13.1 Å². The van der Waals surface area contributed by atoms with Crippen molar-refractivity contribution in [2.45, 2.75) is 58.4 Å². The predicted molar refractivity (Wildman–Crippen MR) is 118 cm³/mol. The Morgan fingerprint density at radius 3 is 2.57 bits per heavy atom. The zero-order chi connectivity index (χ0) is 21.7. The van der Waals surface area contributed by atoms with Gasteiger partial charge in [-0.1, -0.05) is 38.5 Å². The number of hydrogen-bond donors (Lipinski definition) is 0. The van der Waals surface area contributed by atoms with E-state index < -0.39 is 9.84 Å². The second-order valence-corrected chi connectivity index (χ2v) is 9.86. The van der Waals surface area contributed by atoms with Crippen LogP contribution in [0.5, 0.6) is 0 Å². The molecule has 0 aliphatic rings. The summed E-state index contributed by atoms with van der Waals surface area (Å²) in [4.78, 5) is 6.41. The zero-order valence-corrected chi connectivity index (χ0v) is 19.1. The van der Waals surface area contributed by atoms with Gasteiger partial charge in [0.2, 0.25) is 15.0 Å². The Bertz CT molecular complexity index is 1080. The molecular weight excluding hydrogens is 398 g/mol. The molecule has 0 amide bonds. The Morgan fingerprint density at radius 1 is 1.10 bits per heavy atom. The lowest BCUT2D eigenvalue weighted by molar-refractivity contribution is 0.307. The van der Waals surface area contributed by atoms with Crippen LogP contribution in [-0.2, 0) is 29.5 Å². The first-order valence-electron chi connectivity index (χ1n) is 10.4. The number of nitrogens with zero attached hydrogens (tertiary/aromatic N) is 5. The smallest absolute Gasteiger partial charge is 0.227 e. The van der Waals surface area contributed by atoms with Crippen molar-refractivity contribution in [2.75, 3.05) is 12.8 Å². The molecule has 8 heteroatoms. The van der Waals surface area contributed by atoms with Crippen LogP contribution in [0.2, 0.25) is 0 Å². The van der Waals surface area contributed by atoms with Gasteiger partial charge in [-0.05, 0) is 32.0 Å². The first-order chi connectivity index (χ1) is 14.4. The quantitative estimate of drug-likeness (QED) is 0.492. The number of rotatable bonds is 10. The molecule has 0 saturated heterocycles. The number of benzene rings is 1. The standard InChI is InChI=1S/C22H31N5O2S/c1-5-7-12-26-20(14-23-22(26)30(28,29)6-2)17-25(4)15-19-13-24-27(16-19)21-11-9-8-10-18(21)3/h8-11,13-14,16H,5-7,12,15,17H2,1-4H3. The summed E-state index contributed by atoms with van der Waals surface area (Å²) in [6, 6.07) is 8.15. The van der Waals surface area contributed by atoms with Crippen LogP contribution in [0.1, 0.15) is 43.5 Å². The van der Waals surface area contributed by atoms with E-state index in [2.05, 4.69) is 41.0 Å². The topological polar surface area (TPSA) is 73.0 Å². The summed E-state index contributed by atoms with van der Waals surface area (Å²) in [6.45, 7) is 7.82. The van der Waals surface area contributed by atoms with Crippen LogP contribution < -0.4 is 0 Å². The monoisotopic (exact) mass is 429 g/mol. The molecule has 0 unspecified atom stereocenters. The van der Waals surface area contributed by atoms with Gasteiger partial charge in [0, 0.05) is 31.4 Å². The van der Waals surface area contributed by atoms with Crippen LogP contribution >= 0.6 is 0 Å². The minimum atomic E-state index is -3.34. The van der Waals surface area contributed by atoms with E-state index in [1.807, 2.05) is 40.8 Å². The first kappa shape index (κ1) is 22.2. The largest absolute Gasteiger partial charge is 0.318 e. The normalized spacial score (nSPS) is 12.0. The van der Waals surface area contributed by atoms with Crippen LogP contribution in [0.3, 0.4) is 0 Å². The van der Waals surface area contributed by atoms with Gasteiger partial charge in [-0.15, -0.1) is 0 Å². The van der Waals surface area contributed by atoms with Crippen molar-refractivity contribution < 1.29 is 8.42 Å². The average molecular weight is 430 g/mol. The van der Waals surface area contributed by atoms with E-state index in [1.165, 1.54) is 5.56 Å². The Balaban J connectivity index is 1.75. The molecule has 0 aliphatic heterocycles. The first-order valence-corrected chi connectivity index (χ1v) is 12.1. The third kappa shape index (κ3) is 4.99. The van der Waals surface area contributed by atoms with Crippen LogP contribution in [0.4, 0.5) is 0 Å². The van der Waals surface area contributed by atoms with Gasteiger partial charge in [0.05, 0.1) is 29.5 Å². The molecule has 0 spiro atoms. The summed E-state index contributed by atoms with van der Waals surface area (Å²) >= 11 is 0. The summed E-state index contributed by atoms with van der Waals surface area (Å²) in [5, 5.41) is 4.70. The third-order valence-corrected chi connectivity index (χ3v) is 6.82. The molecule has 0 aliphatic carbocycles. The highest BCUT2D eigenvalue weighted by Gasteiger charge is 2.22. The maximum Gasteiger partial charge on any atom is 0.227 e. The summed E-state index contributed by atoms with van der Waals surface area (Å²) in [7, 11) is -1.32. The number of imidazole rings is 1. The van der Waals surface area contributed by atoms with E-state index in [-0.39, 0.29) is 10.9 Å². The summed E-state index contributed by atoms with van der Waals surface area (Å²) in [5.74, 6) is 0.0590. The lowest BCUT2D eigenvalue weighted by atomic mass is 10.2. The number of sulfone groups is 1. The molecule has 0 bridgehead atoms. The van der Waals surface area contributed by atoms with Gasteiger partial charge in [-0.25, -0.2) is 18.1 Å². The van der Waals surface area contributed by atoms with E-state index in [0.29, 0.717) is 19.6 Å². The summed E-state index contributed by atoms with van der Waals surface area (Å²) in [5.41, 5.74) is 4.26. The molecule has 3 aromatic rings. The second-order valence-electron chi connectivity index (χ2n) is 7.69. The average Bonchev–Trinajstić information content (AvgIpc) is 3.34. The Kier molecular flexibility index (Phi) is 7.10. The Hall–Kier alpha value is -2.45. The Labute approximate surface area is 179 Å². The molecule has 7 nitrogen and oxygen atoms in total. The maximum atomic E-state index is 12.4. The van der Waals surface area contributed by atoms with Crippen LogP contribution in [0, 0.1) is 6.92 Å². The lowest BCUT2D eigenvalue weighted by Crippen LogP contribution is -2.21. The van der Waals surface area contributed by atoms with Gasteiger partial charge < -0.3 is 4.57 Å². The molecule has 0 fully saturated rings. The molecule has 2 heterocycles. The van der Waals surface area contributed by atoms with Gasteiger partial charge >= 0.3 is 0 Å². The van der Waals surface area contributed by atoms with Crippen LogP contribution in [0.15, 0.2) is 48.0 Å². The highest BCUT2D eigenvalue weighted by atomic mass is 32.2. The molecule has 1 aromatic carbocycles. The molecule has 0 N–H and O–H groups in total. The van der Waals surface area contributed by atoms with Gasteiger partial charge in [0.15, 0.2) is 0 Å². The highest BCUT2D eigenvalue weighted by molar-refractivity contribution is 7.91. The van der Waals surface area contributed by atoms with Crippen molar-refractivity contribution in [3.8, 4) is 5.69 Å². The van der Waals surface area contributed by atoms with Crippen LogP contribution in [-0.4, -0.2) is 45.4 Å². The van der Waals surface area contributed by atoms with E-state index in [0.717, 1.165) is 29.8 Å². The summed E-state index contributed by atoms with van der Waals surface area (Å²) in [6.07, 6.45) is 7.54. The number of hydrogen-bond acceptors (Lipinski definition) is 5. The second kappa shape index (κ2) is 9.57. The third-order valence-electron chi connectivity index (χ3n) is 5.18. The van der Waals surface area contributed by atoms with Crippen molar-refractivity contribution in [3.63, 3.8) is 0 Å². The Morgan fingerprint density at radius 2 is 1.87 bits per heavy atom. The molecule has 0 atom stereocenters. The minimum Gasteiger partial charge on any atom is -0.318 e. The number of aryl methyl sites for hydroxylation is 1. The van der Waals surface area contributed by atoms with Gasteiger partial charge in [0.25, 0.3) is 0 Å². The van der Waals surface area contributed by atoms with Crippen molar-refractivity contribution >= 4 is 9.84 Å². The number of unbranched alkanes of at least 4 members (excludes halogenated alkanes) is 1. The van der Waals surface area contributed by atoms with Crippen LogP contribution in [0.25, 0.3) is 5.69 Å². The zero-order valence-electron chi connectivity index (χ0n) is 18.2. The van der Waals surface area contributed by atoms with Gasteiger partial charge in [-0.2, -0.15) is 5.10 Å². The minimum absolute atomic E-state index is 0.0590. The lowest BCUT2D eigenvalue weighted by Gasteiger charge is -2.18. The van der Waals surface area contributed by atoms with E-state index in [4.69, 9.17) is 0 Å². The van der Waals surface area contributed by atoms with E-state index in [9.17, 15) is 8.42 Å². The summed E-state index contributed by atoms with van der Waals surface area (Å²) < 4.78 is 28.6. The fourth-order valence-corrected chi connectivity index (χ4v) is 4.50. The van der Waals surface area contributed by atoms with Crippen molar-refractivity contribution in [3.05, 3.63) is 59.7 Å². The molecule has 0 radical (unpaired) electrons. The van der Waals surface area contributed by atoms with Crippen molar-refractivity contribution in [1.82, 2.24) is 24.2 Å². The molecule has 2 aromatic heterocycles. The van der Waals surface area contributed by atoms with Crippen molar-refractivity contribution in [2.24, 2.45) is 0 Å². The van der Waals surface area contributed by atoms with Gasteiger partial charge in [-0.3, -0.25) is 4.90 Å². The van der Waals surface area contributed by atoms with Gasteiger partial charge in [0.1, 0.15) is 0 Å². The molecule has 30 heavy (non-hydrogen) atoms. The van der Waals surface area contributed by atoms with Crippen molar-refractivity contribution in [1.29, 1.82) is 0 Å². The molecule has 0 saturated carbocycles. The molecular formula is C22H31N5O2S. The SMILES string of the molecule is CCCCn1c(CN(C)Cc2cnn(-c3ccccc3C)c2)cnc1S(=O)(=O)CC. The van der Waals surface area contributed by atoms with E-state index >= 15 is 0 Å².